The molecule has 0 bridgehead atoms. The highest BCUT2D eigenvalue weighted by Gasteiger charge is 2.20. The van der Waals surface area contributed by atoms with Crippen LogP contribution in [0, 0.1) is 15.9 Å². The first kappa shape index (κ1) is 20.0. The van der Waals surface area contributed by atoms with E-state index in [2.05, 4.69) is 5.32 Å². The van der Waals surface area contributed by atoms with E-state index < -0.39 is 22.7 Å². The van der Waals surface area contributed by atoms with Gasteiger partial charge in [0.05, 0.1) is 17.4 Å². The van der Waals surface area contributed by atoms with Crippen molar-refractivity contribution in [2.24, 2.45) is 0 Å². The van der Waals surface area contributed by atoms with Crippen molar-refractivity contribution < 1.29 is 18.8 Å². The lowest BCUT2D eigenvalue weighted by molar-refractivity contribution is -0.385. The van der Waals surface area contributed by atoms with Gasteiger partial charge in [-0.05, 0) is 17.7 Å². The molecule has 3 rings (SSSR count). The summed E-state index contributed by atoms with van der Waals surface area (Å²) in [6.07, 6.45) is -0.153. The van der Waals surface area contributed by atoms with Gasteiger partial charge in [0.15, 0.2) is 11.6 Å². The topological polar surface area (TPSA) is 81.5 Å². The van der Waals surface area contributed by atoms with Crippen LogP contribution in [0.2, 0.25) is 0 Å². The molecule has 7 heteroatoms. The Hall–Kier alpha value is -3.74. The number of nitrogens with one attached hydrogen (secondary N) is 1. The average molecular weight is 394 g/mol. The summed E-state index contributed by atoms with van der Waals surface area (Å²) in [5.41, 5.74) is 0.984. The van der Waals surface area contributed by atoms with Crippen LogP contribution < -0.4 is 10.1 Å². The molecule has 0 saturated heterocycles. The maximum atomic E-state index is 13.8. The van der Waals surface area contributed by atoms with Gasteiger partial charge in [-0.15, -0.1) is 0 Å². The molecule has 0 saturated carbocycles. The zero-order chi connectivity index (χ0) is 20.6. The number of nitro groups is 1. The van der Waals surface area contributed by atoms with E-state index in [9.17, 15) is 19.3 Å². The Morgan fingerprint density at radius 1 is 1.00 bits per heavy atom. The van der Waals surface area contributed by atoms with Crippen LogP contribution in [0.1, 0.15) is 17.2 Å². The highest BCUT2D eigenvalue weighted by atomic mass is 19.1. The van der Waals surface area contributed by atoms with Crippen LogP contribution in [0.4, 0.5) is 10.1 Å². The smallest absolute Gasteiger partial charge is 0.273 e. The fourth-order valence-corrected chi connectivity index (χ4v) is 2.90. The molecule has 1 atom stereocenters. The first-order chi connectivity index (χ1) is 14.0. The molecule has 3 aromatic rings. The zero-order valence-electron chi connectivity index (χ0n) is 15.5. The third kappa shape index (κ3) is 5.38. The lowest BCUT2D eigenvalue weighted by Crippen LogP contribution is -2.33. The van der Waals surface area contributed by atoms with Gasteiger partial charge in [0.2, 0.25) is 5.91 Å². The summed E-state index contributed by atoms with van der Waals surface area (Å²) in [6, 6.07) is 20.7. The van der Waals surface area contributed by atoms with Crippen molar-refractivity contribution >= 4 is 11.6 Å². The second kappa shape index (κ2) is 9.45. The normalized spacial score (nSPS) is 11.5. The Labute approximate surface area is 167 Å². The Kier molecular flexibility index (Phi) is 6.52. The van der Waals surface area contributed by atoms with Crippen LogP contribution in [0.5, 0.6) is 5.75 Å². The average Bonchev–Trinajstić information content (AvgIpc) is 2.73. The van der Waals surface area contributed by atoms with Crippen LogP contribution in [-0.4, -0.2) is 17.4 Å². The van der Waals surface area contributed by atoms with Crippen LogP contribution in [0.25, 0.3) is 0 Å². The second-order valence-electron chi connectivity index (χ2n) is 6.33. The fourth-order valence-electron chi connectivity index (χ4n) is 2.90. The lowest BCUT2D eigenvalue weighted by Gasteiger charge is -2.20. The Morgan fingerprint density at radius 3 is 2.38 bits per heavy atom. The van der Waals surface area contributed by atoms with E-state index in [0.29, 0.717) is 5.56 Å². The number of amides is 1. The minimum atomic E-state index is -0.550. The molecule has 0 aliphatic carbocycles. The van der Waals surface area contributed by atoms with E-state index in [1.807, 2.05) is 30.3 Å². The number of para-hydroxylation sites is 2. The number of carbonyl (C=O) groups excluding carboxylic acids is 1. The molecule has 1 unspecified atom stereocenters. The van der Waals surface area contributed by atoms with Crippen molar-refractivity contribution in [2.45, 2.75) is 12.5 Å². The van der Waals surface area contributed by atoms with E-state index in [1.54, 1.807) is 30.3 Å². The van der Waals surface area contributed by atoms with Gasteiger partial charge < -0.3 is 10.1 Å². The van der Waals surface area contributed by atoms with Gasteiger partial charge in [0, 0.05) is 11.6 Å². The Balaban J connectivity index is 1.74. The molecule has 0 heterocycles. The highest BCUT2D eigenvalue weighted by molar-refractivity contribution is 5.80. The third-order valence-electron chi connectivity index (χ3n) is 4.32. The summed E-state index contributed by atoms with van der Waals surface area (Å²) in [5.74, 6) is -0.808. The molecular formula is C22H19FN2O4. The van der Waals surface area contributed by atoms with E-state index in [0.717, 1.165) is 5.56 Å². The largest absolute Gasteiger partial charge is 0.488 e. The number of nitro benzene ring substituents is 1. The van der Waals surface area contributed by atoms with Crippen molar-refractivity contribution in [1.82, 2.24) is 5.32 Å². The minimum Gasteiger partial charge on any atom is -0.488 e. The number of ether oxygens (including phenoxy) is 1. The summed E-state index contributed by atoms with van der Waals surface area (Å²) < 4.78 is 19.4. The first-order valence-electron chi connectivity index (χ1n) is 8.98. The number of hydrogen-bond donors (Lipinski definition) is 1. The van der Waals surface area contributed by atoms with Crippen molar-refractivity contribution in [2.75, 3.05) is 6.61 Å². The molecule has 0 aromatic heterocycles. The quantitative estimate of drug-likeness (QED) is 0.458. The molecule has 0 aliphatic heterocycles. The predicted molar refractivity (Wildman–Crippen MR) is 106 cm³/mol. The molecule has 0 aliphatic rings. The second-order valence-corrected chi connectivity index (χ2v) is 6.33. The Morgan fingerprint density at radius 2 is 1.66 bits per heavy atom. The van der Waals surface area contributed by atoms with Gasteiger partial charge in [-0.3, -0.25) is 14.9 Å². The summed E-state index contributed by atoms with van der Waals surface area (Å²) in [6.45, 7) is 0.00751. The van der Waals surface area contributed by atoms with Crippen LogP contribution >= 0.6 is 0 Å². The number of nitrogens with zero attached hydrogens (tertiary/aromatic N) is 1. The molecule has 29 heavy (non-hydrogen) atoms. The molecule has 0 radical (unpaired) electrons. The predicted octanol–water partition coefficient (Wildman–Crippen LogP) is 4.21. The highest BCUT2D eigenvalue weighted by Crippen LogP contribution is 2.21. The molecule has 0 fully saturated rings. The molecule has 148 valence electrons. The van der Waals surface area contributed by atoms with Gasteiger partial charge in [0.1, 0.15) is 6.61 Å². The van der Waals surface area contributed by atoms with E-state index in [4.69, 9.17) is 4.74 Å². The summed E-state index contributed by atoms with van der Waals surface area (Å²) >= 11 is 0. The fraction of sp³-hybridized carbons (Fsp3) is 0.136. The van der Waals surface area contributed by atoms with Gasteiger partial charge >= 0.3 is 0 Å². The van der Waals surface area contributed by atoms with E-state index in [-0.39, 0.29) is 24.5 Å². The van der Waals surface area contributed by atoms with Crippen molar-refractivity contribution in [1.29, 1.82) is 0 Å². The van der Waals surface area contributed by atoms with E-state index >= 15 is 0 Å². The molecule has 1 amide bonds. The lowest BCUT2D eigenvalue weighted by atomic mass is 10.1. The van der Waals surface area contributed by atoms with Gasteiger partial charge in [-0.2, -0.15) is 0 Å². The van der Waals surface area contributed by atoms with Gasteiger partial charge in [-0.25, -0.2) is 4.39 Å². The first-order valence-corrected chi connectivity index (χ1v) is 8.98. The number of hydrogen-bond acceptors (Lipinski definition) is 4. The van der Waals surface area contributed by atoms with Crippen LogP contribution in [0.15, 0.2) is 78.9 Å². The Bertz CT molecular complexity index is 995. The SMILES string of the molecule is O=C(Cc1ccccc1[N+](=O)[O-])NC(COc1ccccc1F)c1ccccc1. The number of benzene rings is 3. The number of carbonyl (C=O) groups is 1. The van der Waals surface area contributed by atoms with Crippen molar-refractivity contribution in [3.05, 3.63) is 106 Å². The molecule has 6 nitrogen and oxygen atoms in total. The van der Waals surface area contributed by atoms with Crippen molar-refractivity contribution in [3.63, 3.8) is 0 Å². The van der Waals surface area contributed by atoms with Crippen LogP contribution in [0.3, 0.4) is 0 Å². The third-order valence-corrected chi connectivity index (χ3v) is 4.32. The molecule has 1 N–H and O–H groups in total. The molecule has 0 spiro atoms. The van der Waals surface area contributed by atoms with Crippen LogP contribution in [-0.2, 0) is 11.2 Å². The summed E-state index contributed by atoms with van der Waals surface area (Å²) in [4.78, 5) is 23.2. The molecular weight excluding hydrogens is 375 g/mol. The maximum Gasteiger partial charge on any atom is 0.273 e. The monoisotopic (exact) mass is 394 g/mol. The van der Waals surface area contributed by atoms with Gasteiger partial charge in [0.25, 0.3) is 5.69 Å². The summed E-state index contributed by atoms with van der Waals surface area (Å²) in [7, 11) is 0. The number of rotatable bonds is 8. The summed E-state index contributed by atoms with van der Waals surface area (Å²) in [5, 5.41) is 14.0. The molecule has 3 aromatic carbocycles. The standard InChI is InChI=1S/C22H19FN2O4/c23-18-11-5-7-13-21(18)29-15-19(16-8-2-1-3-9-16)24-22(26)14-17-10-4-6-12-20(17)25(27)28/h1-13,19H,14-15H2,(H,24,26). The van der Waals surface area contributed by atoms with Gasteiger partial charge in [-0.1, -0.05) is 60.7 Å². The number of halogens is 1. The zero-order valence-corrected chi connectivity index (χ0v) is 15.5. The van der Waals surface area contributed by atoms with Crippen molar-refractivity contribution in [3.8, 4) is 5.75 Å². The minimum absolute atomic E-state index is 0.00751. The maximum absolute atomic E-state index is 13.8. The van der Waals surface area contributed by atoms with E-state index in [1.165, 1.54) is 18.2 Å².